The second-order valence-electron chi connectivity index (χ2n) is 6.38. The number of nitrogens with zero attached hydrogens (tertiary/aromatic N) is 3. The van der Waals surface area contributed by atoms with Crippen LogP contribution in [0.1, 0.15) is 31.9 Å². The van der Waals surface area contributed by atoms with Crippen LogP contribution in [0.15, 0.2) is 24.4 Å². The monoisotopic (exact) mass is 391 g/mol. The van der Waals surface area contributed by atoms with Crippen molar-refractivity contribution in [2.75, 3.05) is 22.5 Å². The molecule has 1 heterocycles. The summed E-state index contributed by atoms with van der Waals surface area (Å²) in [5.41, 5.74) is -0.488. The zero-order valence-corrected chi connectivity index (χ0v) is 15.6. The van der Waals surface area contributed by atoms with Crippen molar-refractivity contribution in [2.24, 2.45) is 0 Å². The first-order valence-corrected chi connectivity index (χ1v) is 8.39. The lowest BCUT2D eigenvalue weighted by molar-refractivity contribution is -0.137. The summed E-state index contributed by atoms with van der Waals surface area (Å²) < 4.78 is 39.3. The maximum atomic E-state index is 13.1. The molecule has 0 unspecified atom stereocenters. The molecule has 0 amide bonds. The quantitative estimate of drug-likeness (QED) is 0.522. The zero-order chi connectivity index (χ0) is 20.9. The Kier molecular flexibility index (Phi) is 6.08. The Morgan fingerprint density at radius 3 is 2.50 bits per heavy atom. The standard InChI is InChI=1S/C18H20F3N7/c1-4-24-15-12(18(19,20)21)9-25-16(27-15)26-13-6-5-7-14(11(13)8-22)28-17(2,3)10-23/h5-9,22,28H,4H2,1-3H3,(H2,24,25,26,27). The van der Waals surface area contributed by atoms with Gasteiger partial charge in [0.25, 0.3) is 0 Å². The number of anilines is 4. The average Bonchev–Trinajstić information content (AvgIpc) is 2.61. The summed E-state index contributed by atoms with van der Waals surface area (Å²) in [6.45, 7) is 5.29. The summed E-state index contributed by atoms with van der Waals surface area (Å²) in [6.07, 6.45) is -2.80. The molecule has 0 spiro atoms. The van der Waals surface area contributed by atoms with Gasteiger partial charge in [0.1, 0.15) is 16.9 Å². The largest absolute Gasteiger partial charge is 0.421 e. The van der Waals surface area contributed by atoms with Crippen LogP contribution < -0.4 is 16.0 Å². The normalized spacial score (nSPS) is 11.5. The van der Waals surface area contributed by atoms with E-state index in [9.17, 15) is 18.4 Å². The second kappa shape index (κ2) is 8.12. The number of nitriles is 1. The maximum Gasteiger partial charge on any atom is 0.421 e. The van der Waals surface area contributed by atoms with Crippen LogP contribution in [0, 0.1) is 16.7 Å². The molecule has 0 saturated heterocycles. The molecule has 0 aliphatic carbocycles. The minimum atomic E-state index is -4.58. The van der Waals surface area contributed by atoms with Gasteiger partial charge in [0.05, 0.1) is 11.8 Å². The molecule has 0 aliphatic rings. The lowest BCUT2D eigenvalue weighted by Gasteiger charge is -2.22. The van der Waals surface area contributed by atoms with Crippen LogP contribution in [-0.2, 0) is 6.18 Å². The summed E-state index contributed by atoms with van der Waals surface area (Å²) in [4.78, 5) is 7.67. The van der Waals surface area contributed by atoms with E-state index < -0.39 is 17.3 Å². The van der Waals surface area contributed by atoms with Crippen LogP contribution in [0.3, 0.4) is 0 Å². The first-order chi connectivity index (χ1) is 13.1. The fourth-order valence-corrected chi connectivity index (χ4v) is 2.38. The summed E-state index contributed by atoms with van der Waals surface area (Å²) >= 11 is 0. The SMILES string of the molecule is CCNc1nc(Nc2cccc(NC(C)(C)C#N)c2C=N)ncc1C(F)(F)F. The number of hydrogen-bond acceptors (Lipinski definition) is 7. The molecule has 7 nitrogen and oxygen atoms in total. The average molecular weight is 391 g/mol. The molecular weight excluding hydrogens is 371 g/mol. The van der Waals surface area contributed by atoms with Gasteiger partial charge in [-0.15, -0.1) is 0 Å². The highest BCUT2D eigenvalue weighted by Gasteiger charge is 2.35. The molecule has 0 radical (unpaired) electrons. The lowest BCUT2D eigenvalue weighted by atomic mass is 10.0. The summed E-state index contributed by atoms with van der Waals surface area (Å²) in [7, 11) is 0. The van der Waals surface area contributed by atoms with Gasteiger partial charge < -0.3 is 21.4 Å². The number of hydrogen-bond donors (Lipinski definition) is 4. The highest BCUT2D eigenvalue weighted by Crippen LogP contribution is 2.34. The van der Waals surface area contributed by atoms with E-state index in [0.29, 0.717) is 23.1 Å². The van der Waals surface area contributed by atoms with E-state index in [4.69, 9.17) is 5.41 Å². The second-order valence-corrected chi connectivity index (χ2v) is 6.38. The van der Waals surface area contributed by atoms with Crippen molar-refractivity contribution in [3.63, 3.8) is 0 Å². The van der Waals surface area contributed by atoms with Gasteiger partial charge in [-0.3, -0.25) is 0 Å². The molecule has 0 bridgehead atoms. The predicted molar refractivity (Wildman–Crippen MR) is 102 cm³/mol. The molecule has 4 N–H and O–H groups in total. The van der Waals surface area contributed by atoms with Crippen molar-refractivity contribution in [3.8, 4) is 6.07 Å². The molecule has 148 valence electrons. The van der Waals surface area contributed by atoms with Crippen LogP contribution in [0.2, 0.25) is 0 Å². The molecule has 28 heavy (non-hydrogen) atoms. The first-order valence-electron chi connectivity index (χ1n) is 8.39. The summed E-state index contributed by atoms with van der Waals surface area (Å²) in [5, 5.41) is 25.3. The Balaban J connectivity index is 2.42. The predicted octanol–water partition coefficient (Wildman–Crippen LogP) is 4.38. The molecule has 2 rings (SSSR count). The van der Waals surface area contributed by atoms with Crippen LogP contribution in [0.25, 0.3) is 0 Å². The van der Waals surface area contributed by atoms with Crippen molar-refractivity contribution in [1.29, 1.82) is 10.7 Å². The number of aromatic nitrogens is 2. The fourth-order valence-electron chi connectivity index (χ4n) is 2.38. The van der Waals surface area contributed by atoms with Gasteiger partial charge in [-0.2, -0.15) is 23.4 Å². The Morgan fingerprint density at radius 1 is 1.25 bits per heavy atom. The maximum absolute atomic E-state index is 13.1. The van der Waals surface area contributed by atoms with Crippen molar-refractivity contribution in [3.05, 3.63) is 35.5 Å². The van der Waals surface area contributed by atoms with Crippen LogP contribution in [0.5, 0.6) is 0 Å². The highest BCUT2D eigenvalue weighted by molar-refractivity contribution is 5.94. The van der Waals surface area contributed by atoms with Gasteiger partial charge in [0, 0.05) is 30.2 Å². The van der Waals surface area contributed by atoms with E-state index in [0.717, 1.165) is 6.21 Å². The summed E-state index contributed by atoms with van der Waals surface area (Å²) in [6, 6.07) is 7.12. The van der Waals surface area contributed by atoms with Gasteiger partial charge in [-0.05, 0) is 32.9 Å². The van der Waals surface area contributed by atoms with Crippen LogP contribution >= 0.6 is 0 Å². The zero-order valence-electron chi connectivity index (χ0n) is 15.6. The fraction of sp³-hybridized carbons (Fsp3) is 0.333. The van der Waals surface area contributed by atoms with Crippen molar-refractivity contribution in [2.45, 2.75) is 32.5 Å². The van der Waals surface area contributed by atoms with E-state index in [1.807, 2.05) is 0 Å². The molecule has 0 atom stereocenters. The minimum Gasteiger partial charge on any atom is -0.370 e. The van der Waals surface area contributed by atoms with Crippen molar-refractivity contribution < 1.29 is 13.2 Å². The van der Waals surface area contributed by atoms with Gasteiger partial charge in [0.15, 0.2) is 0 Å². The highest BCUT2D eigenvalue weighted by atomic mass is 19.4. The van der Waals surface area contributed by atoms with E-state index >= 15 is 0 Å². The minimum absolute atomic E-state index is 0.0521. The number of halogens is 3. The molecule has 2 aromatic rings. The third kappa shape index (κ3) is 4.88. The van der Waals surface area contributed by atoms with Crippen molar-refractivity contribution >= 4 is 29.4 Å². The lowest BCUT2D eigenvalue weighted by Crippen LogP contribution is -2.29. The third-order valence-electron chi connectivity index (χ3n) is 3.66. The van der Waals surface area contributed by atoms with Crippen LogP contribution in [0.4, 0.5) is 36.3 Å². The van der Waals surface area contributed by atoms with Gasteiger partial charge in [-0.1, -0.05) is 6.07 Å². The Hall–Kier alpha value is -3.35. The van der Waals surface area contributed by atoms with E-state index in [-0.39, 0.29) is 18.3 Å². The Bertz CT molecular complexity index is 901. The van der Waals surface area contributed by atoms with Gasteiger partial charge >= 0.3 is 6.18 Å². The number of alkyl halides is 3. The molecule has 0 fully saturated rings. The molecule has 1 aromatic heterocycles. The number of rotatable bonds is 7. The number of benzene rings is 1. The van der Waals surface area contributed by atoms with Gasteiger partial charge in [-0.25, -0.2) is 4.98 Å². The van der Waals surface area contributed by atoms with Gasteiger partial charge in [0.2, 0.25) is 5.95 Å². The Labute approximate surface area is 160 Å². The summed E-state index contributed by atoms with van der Waals surface area (Å²) in [5.74, 6) is -0.382. The molecule has 0 saturated carbocycles. The molecule has 1 aromatic carbocycles. The Morgan fingerprint density at radius 2 is 1.93 bits per heavy atom. The number of nitrogens with one attached hydrogen (secondary N) is 4. The third-order valence-corrected chi connectivity index (χ3v) is 3.66. The van der Waals surface area contributed by atoms with Crippen molar-refractivity contribution in [1.82, 2.24) is 9.97 Å². The topological polar surface area (TPSA) is 110 Å². The van der Waals surface area contributed by atoms with E-state index in [1.54, 1.807) is 39.0 Å². The van der Waals surface area contributed by atoms with E-state index in [2.05, 4.69) is 32.0 Å². The molecular formula is C18H20F3N7. The molecule has 10 heteroatoms. The first kappa shape index (κ1) is 21.0. The van der Waals surface area contributed by atoms with Crippen LogP contribution in [-0.4, -0.2) is 28.3 Å². The van der Waals surface area contributed by atoms with E-state index in [1.165, 1.54) is 0 Å². The smallest absolute Gasteiger partial charge is 0.370 e. The molecule has 0 aliphatic heterocycles.